The minimum absolute atomic E-state index is 0.0406. The fraction of sp³-hybridized carbons (Fsp3) is 0.238. The number of nitro benzene ring substituents is 2. The van der Waals surface area contributed by atoms with Crippen molar-refractivity contribution >= 4 is 34.6 Å². The molecule has 0 aliphatic rings. The summed E-state index contributed by atoms with van der Waals surface area (Å²) >= 11 is 0. The second kappa shape index (κ2) is 11.8. The van der Waals surface area contributed by atoms with Crippen molar-refractivity contribution in [3.8, 4) is 0 Å². The van der Waals surface area contributed by atoms with Crippen molar-refractivity contribution in [2.24, 2.45) is 10.2 Å². The molecule has 12 nitrogen and oxygen atoms in total. The number of nitrogens with zero attached hydrogens (tertiary/aromatic N) is 4. The van der Waals surface area contributed by atoms with Crippen molar-refractivity contribution in [1.82, 2.24) is 10.9 Å². The molecule has 0 spiro atoms. The molecule has 0 bridgehead atoms. The third-order valence-electron chi connectivity index (χ3n) is 4.50. The number of benzene rings is 2. The molecule has 2 rings (SSSR count). The molecule has 2 N–H and O–H groups in total. The second-order valence-electron chi connectivity index (χ2n) is 6.93. The average Bonchev–Trinajstić information content (AvgIpc) is 2.81. The van der Waals surface area contributed by atoms with Gasteiger partial charge in [-0.2, -0.15) is 10.2 Å². The molecule has 2 amide bonds. The summed E-state index contributed by atoms with van der Waals surface area (Å²) in [6.07, 6.45) is 0.404. The van der Waals surface area contributed by atoms with Gasteiger partial charge in [-0.1, -0.05) is 0 Å². The first-order chi connectivity index (χ1) is 15.7. The van der Waals surface area contributed by atoms with Crippen LogP contribution in [0.15, 0.2) is 58.7 Å². The van der Waals surface area contributed by atoms with Crippen LogP contribution in [0.25, 0.3) is 0 Å². The Morgan fingerprint density at radius 2 is 1.06 bits per heavy atom. The number of hydrogen-bond donors (Lipinski definition) is 2. The maximum Gasteiger partial charge on any atom is 0.269 e. The minimum atomic E-state index is -0.503. The average molecular weight is 454 g/mol. The Kier molecular flexibility index (Phi) is 8.85. The number of hydrogen-bond acceptors (Lipinski definition) is 8. The number of non-ortho nitro benzene ring substituents is 2. The highest BCUT2D eigenvalue weighted by Gasteiger charge is 2.08. The van der Waals surface area contributed by atoms with E-state index in [0.29, 0.717) is 22.6 Å². The van der Waals surface area contributed by atoms with Gasteiger partial charge in [0, 0.05) is 37.1 Å². The molecule has 0 saturated carbocycles. The lowest BCUT2D eigenvalue weighted by atomic mass is 10.1. The molecular weight excluding hydrogens is 432 g/mol. The van der Waals surface area contributed by atoms with E-state index < -0.39 is 9.85 Å². The van der Waals surface area contributed by atoms with E-state index in [1.165, 1.54) is 48.5 Å². The zero-order valence-electron chi connectivity index (χ0n) is 18.0. The number of hydrazone groups is 2. The molecular formula is C21H22N6O6. The topological polar surface area (TPSA) is 169 Å². The SMILES string of the molecule is C/C(=N\NC(=O)CCCC(=O)N/N=C(\C)c1ccc([N+](=O)[O-])cc1)c1ccc([N+](=O)[O-])cc1. The Balaban J connectivity index is 1.75. The zero-order chi connectivity index (χ0) is 24.4. The molecule has 0 aromatic heterocycles. The summed E-state index contributed by atoms with van der Waals surface area (Å²) in [6.45, 7) is 3.31. The van der Waals surface area contributed by atoms with E-state index in [4.69, 9.17) is 0 Å². The molecule has 172 valence electrons. The van der Waals surface area contributed by atoms with Gasteiger partial charge in [0.25, 0.3) is 11.4 Å². The highest BCUT2D eigenvalue weighted by Crippen LogP contribution is 2.13. The first kappa shape index (κ1) is 24.8. The lowest BCUT2D eigenvalue weighted by Crippen LogP contribution is -2.21. The third kappa shape index (κ3) is 7.94. The quantitative estimate of drug-likeness (QED) is 0.317. The van der Waals surface area contributed by atoms with Gasteiger partial charge in [0.1, 0.15) is 0 Å². The lowest BCUT2D eigenvalue weighted by molar-refractivity contribution is -0.385. The van der Waals surface area contributed by atoms with Gasteiger partial charge in [0.15, 0.2) is 0 Å². The van der Waals surface area contributed by atoms with Gasteiger partial charge >= 0.3 is 0 Å². The smallest absolute Gasteiger partial charge is 0.269 e. The summed E-state index contributed by atoms with van der Waals surface area (Å²) in [5.41, 5.74) is 6.90. The van der Waals surface area contributed by atoms with Gasteiger partial charge in [0.05, 0.1) is 21.3 Å². The fourth-order valence-electron chi connectivity index (χ4n) is 2.59. The normalized spacial score (nSPS) is 11.6. The number of rotatable bonds is 10. The van der Waals surface area contributed by atoms with Crippen LogP contribution >= 0.6 is 0 Å². The van der Waals surface area contributed by atoms with Crippen LogP contribution in [-0.4, -0.2) is 33.1 Å². The molecule has 2 aromatic rings. The molecule has 0 radical (unpaired) electrons. The number of carbonyl (C=O) groups is 2. The van der Waals surface area contributed by atoms with Gasteiger partial charge in [-0.15, -0.1) is 0 Å². The molecule has 12 heteroatoms. The van der Waals surface area contributed by atoms with Gasteiger partial charge in [0.2, 0.25) is 11.8 Å². The van der Waals surface area contributed by atoms with Crippen molar-refractivity contribution in [3.05, 3.63) is 79.9 Å². The molecule has 2 aromatic carbocycles. The lowest BCUT2D eigenvalue weighted by Gasteiger charge is -2.04. The molecule has 0 saturated heterocycles. The zero-order valence-corrected chi connectivity index (χ0v) is 18.0. The van der Waals surface area contributed by atoms with E-state index in [9.17, 15) is 29.8 Å². The first-order valence-electron chi connectivity index (χ1n) is 9.83. The first-order valence-corrected chi connectivity index (χ1v) is 9.83. The highest BCUT2D eigenvalue weighted by molar-refractivity contribution is 6.00. The Bertz CT molecular complexity index is 1010. The van der Waals surface area contributed by atoms with E-state index in [1.807, 2.05) is 0 Å². The van der Waals surface area contributed by atoms with Crippen molar-refractivity contribution in [2.45, 2.75) is 33.1 Å². The number of amides is 2. The van der Waals surface area contributed by atoms with Crippen LogP contribution in [0.4, 0.5) is 11.4 Å². The van der Waals surface area contributed by atoms with Crippen LogP contribution < -0.4 is 10.9 Å². The van der Waals surface area contributed by atoms with Crippen LogP contribution in [-0.2, 0) is 9.59 Å². The molecule has 0 atom stereocenters. The molecule has 0 unspecified atom stereocenters. The summed E-state index contributed by atoms with van der Waals surface area (Å²) in [5, 5.41) is 29.3. The maximum atomic E-state index is 11.9. The molecule has 0 heterocycles. The second-order valence-corrected chi connectivity index (χ2v) is 6.93. The molecule has 0 aliphatic carbocycles. The Labute approximate surface area is 188 Å². The predicted octanol–water partition coefficient (Wildman–Crippen LogP) is 3.05. The van der Waals surface area contributed by atoms with Crippen molar-refractivity contribution in [1.29, 1.82) is 0 Å². The Hall–Kier alpha value is -4.48. The van der Waals surface area contributed by atoms with E-state index >= 15 is 0 Å². The summed E-state index contributed by atoms with van der Waals surface area (Å²) in [5.74, 6) is -0.760. The molecule has 33 heavy (non-hydrogen) atoms. The highest BCUT2D eigenvalue weighted by atomic mass is 16.6. The monoisotopic (exact) mass is 454 g/mol. The van der Waals surface area contributed by atoms with E-state index in [2.05, 4.69) is 21.1 Å². The van der Waals surface area contributed by atoms with E-state index in [-0.39, 0.29) is 42.5 Å². The molecule has 0 fully saturated rings. The molecule has 0 aliphatic heterocycles. The third-order valence-corrected chi connectivity index (χ3v) is 4.50. The van der Waals surface area contributed by atoms with Crippen molar-refractivity contribution in [2.75, 3.05) is 0 Å². The van der Waals surface area contributed by atoms with Crippen LogP contribution in [0.2, 0.25) is 0 Å². The van der Waals surface area contributed by atoms with Gasteiger partial charge < -0.3 is 0 Å². The van der Waals surface area contributed by atoms with Crippen LogP contribution in [0, 0.1) is 20.2 Å². The van der Waals surface area contributed by atoms with Crippen molar-refractivity contribution < 1.29 is 19.4 Å². The summed E-state index contributed by atoms with van der Waals surface area (Å²) < 4.78 is 0. The number of nitrogens with one attached hydrogen (secondary N) is 2. The number of nitro groups is 2. The van der Waals surface area contributed by atoms with Gasteiger partial charge in [-0.05, 0) is 55.7 Å². The van der Waals surface area contributed by atoms with E-state index in [0.717, 1.165) is 0 Å². The predicted molar refractivity (Wildman–Crippen MR) is 121 cm³/mol. The van der Waals surface area contributed by atoms with Crippen molar-refractivity contribution in [3.63, 3.8) is 0 Å². The fourth-order valence-corrected chi connectivity index (χ4v) is 2.59. The Morgan fingerprint density at radius 1 is 0.727 bits per heavy atom. The Morgan fingerprint density at radius 3 is 1.36 bits per heavy atom. The standard InChI is InChI=1S/C21H22N6O6/c1-14(16-6-10-18(11-7-16)26(30)31)22-24-20(28)4-3-5-21(29)25-23-15(2)17-8-12-19(13-9-17)27(32)33/h6-13H,3-5H2,1-2H3,(H,24,28)(H,25,29)/b22-14+,23-15+. The summed E-state index contributed by atoms with van der Waals surface area (Å²) in [4.78, 5) is 44.2. The van der Waals surface area contributed by atoms with Crippen LogP contribution in [0.5, 0.6) is 0 Å². The van der Waals surface area contributed by atoms with Crippen LogP contribution in [0.1, 0.15) is 44.2 Å². The van der Waals surface area contributed by atoms with Crippen LogP contribution in [0.3, 0.4) is 0 Å². The largest absolute Gasteiger partial charge is 0.273 e. The summed E-state index contributed by atoms with van der Waals surface area (Å²) in [7, 11) is 0. The minimum Gasteiger partial charge on any atom is -0.273 e. The van der Waals surface area contributed by atoms with Gasteiger partial charge in [-0.25, -0.2) is 10.9 Å². The van der Waals surface area contributed by atoms with Gasteiger partial charge in [-0.3, -0.25) is 29.8 Å². The number of carbonyl (C=O) groups excluding carboxylic acids is 2. The summed E-state index contributed by atoms with van der Waals surface area (Å²) in [6, 6.07) is 11.5. The van der Waals surface area contributed by atoms with E-state index in [1.54, 1.807) is 13.8 Å². The maximum absolute atomic E-state index is 11.9.